The van der Waals surface area contributed by atoms with E-state index in [4.69, 9.17) is 5.73 Å². The van der Waals surface area contributed by atoms with Gasteiger partial charge in [-0.25, -0.2) is 0 Å². The molecule has 0 atom stereocenters. The molecule has 2 heteroatoms. The van der Waals surface area contributed by atoms with E-state index in [2.05, 4.69) is 13.8 Å². The van der Waals surface area contributed by atoms with Crippen molar-refractivity contribution in [1.29, 1.82) is 0 Å². The Morgan fingerprint density at radius 1 is 1.20 bits per heavy atom. The SMILES string of the molecule is CCC(CC)C(=O)C1CCC(CN)CC1. The van der Waals surface area contributed by atoms with Crippen LogP contribution in [0.5, 0.6) is 0 Å². The number of Topliss-reactive ketones (excluding diaryl/α,β-unsaturated/α-hetero) is 1. The Labute approximate surface area is 93.6 Å². The lowest BCUT2D eigenvalue weighted by Crippen LogP contribution is -2.29. The Kier molecular flexibility index (Phi) is 5.30. The van der Waals surface area contributed by atoms with Crippen LogP contribution in [0.1, 0.15) is 52.4 Å². The fourth-order valence-corrected chi connectivity index (χ4v) is 2.71. The molecular formula is C13H25NO. The van der Waals surface area contributed by atoms with E-state index in [0.29, 0.717) is 23.5 Å². The third-order valence-electron chi connectivity index (χ3n) is 3.97. The van der Waals surface area contributed by atoms with Gasteiger partial charge in [0.1, 0.15) is 5.78 Å². The molecule has 0 heterocycles. The number of hydrogen-bond acceptors (Lipinski definition) is 2. The molecule has 1 saturated carbocycles. The third-order valence-corrected chi connectivity index (χ3v) is 3.97. The van der Waals surface area contributed by atoms with Crippen molar-refractivity contribution < 1.29 is 4.79 Å². The van der Waals surface area contributed by atoms with Crippen molar-refractivity contribution in [3.8, 4) is 0 Å². The molecule has 0 radical (unpaired) electrons. The van der Waals surface area contributed by atoms with Gasteiger partial charge in [0.25, 0.3) is 0 Å². The fraction of sp³-hybridized carbons (Fsp3) is 0.923. The number of hydrogen-bond donors (Lipinski definition) is 1. The summed E-state index contributed by atoms with van der Waals surface area (Å²) >= 11 is 0. The number of carbonyl (C=O) groups excluding carboxylic acids is 1. The first-order valence-electron chi connectivity index (χ1n) is 6.46. The minimum Gasteiger partial charge on any atom is -0.330 e. The molecule has 2 N–H and O–H groups in total. The second-order valence-corrected chi connectivity index (χ2v) is 4.87. The van der Waals surface area contributed by atoms with Gasteiger partial charge >= 0.3 is 0 Å². The topological polar surface area (TPSA) is 43.1 Å². The largest absolute Gasteiger partial charge is 0.330 e. The molecule has 1 rings (SSSR count). The predicted octanol–water partition coefficient (Wildman–Crippen LogP) is 2.76. The van der Waals surface area contributed by atoms with Crippen LogP contribution in [-0.4, -0.2) is 12.3 Å². The van der Waals surface area contributed by atoms with E-state index < -0.39 is 0 Å². The van der Waals surface area contributed by atoms with Crippen molar-refractivity contribution in [3.05, 3.63) is 0 Å². The molecule has 15 heavy (non-hydrogen) atoms. The average molecular weight is 211 g/mol. The van der Waals surface area contributed by atoms with Crippen molar-refractivity contribution >= 4 is 5.78 Å². The Morgan fingerprint density at radius 2 is 1.73 bits per heavy atom. The summed E-state index contributed by atoms with van der Waals surface area (Å²) in [4.78, 5) is 12.1. The summed E-state index contributed by atoms with van der Waals surface area (Å²) in [7, 11) is 0. The standard InChI is InChI=1S/C13H25NO/c1-3-11(4-2)13(15)12-7-5-10(9-14)6-8-12/h10-12H,3-9,14H2,1-2H3. The molecule has 88 valence electrons. The highest BCUT2D eigenvalue weighted by Crippen LogP contribution is 2.31. The van der Waals surface area contributed by atoms with Gasteiger partial charge in [0.15, 0.2) is 0 Å². The van der Waals surface area contributed by atoms with Gasteiger partial charge in [-0.15, -0.1) is 0 Å². The molecule has 0 saturated heterocycles. The molecule has 0 aromatic heterocycles. The van der Waals surface area contributed by atoms with Crippen LogP contribution in [0, 0.1) is 17.8 Å². The lowest BCUT2D eigenvalue weighted by molar-refractivity contribution is -0.128. The second kappa shape index (κ2) is 6.26. The predicted molar refractivity (Wildman–Crippen MR) is 63.6 cm³/mol. The quantitative estimate of drug-likeness (QED) is 0.760. The van der Waals surface area contributed by atoms with E-state index in [0.717, 1.165) is 45.1 Å². The van der Waals surface area contributed by atoms with E-state index in [9.17, 15) is 4.79 Å². The summed E-state index contributed by atoms with van der Waals surface area (Å²) in [6.07, 6.45) is 6.49. The van der Waals surface area contributed by atoms with Gasteiger partial charge in [-0.1, -0.05) is 13.8 Å². The maximum Gasteiger partial charge on any atom is 0.139 e. The number of nitrogens with two attached hydrogens (primary N) is 1. The number of rotatable bonds is 5. The van der Waals surface area contributed by atoms with Crippen LogP contribution < -0.4 is 5.73 Å². The van der Waals surface area contributed by atoms with Gasteiger partial charge in [-0.2, -0.15) is 0 Å². The summed E-state index contributed by atoms with van der Waals surface area (Å²) in [5.74, 6) is 1.85. The van der Waals surface area contributed by atoms with Gasteiger partial charge < -0.3 is 5.73 Å². The van der Waals surface area contributed by atoms with Gasteiger partial charge in [-0.3, -0.25) is 4.79 Å². The van der Waals surface area contributed by atoms with E-state index >= 15 is 0 Å². The maximum absolute atomic E-state index is 12.1. The normalized spacial score (nSPS) is 26.9. The molecule has 1 aliphatic rings. The minimum absolute atomic E-state index is 0.310. The molecule has 0 amide bonds. The van der Waals surface area contributed by atoms with Crippen LogP contribution in [0.2, 0.25) is 0 Å². The van der Waals surface area contributed by atoms with Crippen molar-refractivity contribution in [2.45, 2.75) is 52.4 Å². The maximum atomic E-state index is 12.1. The summed E-state index contributed by atoms with van der Waals surface area (Å²) in [6.45, 7) is 5.04. The monoisotopic (exact) mass is 211 g/mol. The van der Waals surface area contributed by atoms with E-state index in [-0.39, 0.29) is 0 Å². The summed E-state index contributed by atoms with van der Waals surface area (Å²) in [5, 5.41) is 0. The van der Waals surface area contributed by atoms with Crippen LogP contribution in [0.3, 0.4) is 0 Å². The van der Waals surface area contributed by atoms with E-state index in [1.807, 2.05) is 0 Å². The molecule has 0 aromatic carbocycles. The first-order valence-corrected chi connectivity index (χ1v) is 6.46. The van der Waals surface area contributed by atoms with Crippen LogP contribution in [0.4, 0.5) is 0 Å². The molecule has 1 aliphatic carbocycles. The van der Waals surface area contributed by atoms with Crippen molar-refractivity contribution in [1.82, 2.24) is 0 Å². The summed E-state index contributed by atoms with van der Waals surface area (Å²) in [6, 6.07) is 0. The smallest absolute Gasteiger partial charge is 0.139 e. The highest BCUT2D eigenvalue weighted by molar-refractivity contribution is 5.83. The van der Waals surface area contributed by atoms with Crippen LogP contribution in [0.25, 0.3) is 0 Å². The van der Waals surface area contributed by atoms with Crippen molar-refractivity contribution in [2.75, 3.05) is 6.54 Å². The van der Waals surface area contributed by atoms with Crippen LogP contribution in [-0.2, 0) is 4.79 Å². The number of ketones is 1. The second-order valence-electron chi connectivity index (χ2n) is 4.87. The fourth-order valence-electron chi connectivity index (χ4n) is 2.71. The van der Waals surface area contributed by atoms with E-state index in [1.54, 1.807) is 0 Å². The highest BCUT2D eigenvalue weighted by Gasteiger charge is 2.28. The lowest BCUT2D eigenvalue weighted by atomic mass is 9.76. The Morgan fingerprint density at radius 3 is 2.13 bits per heavy atom. The zero-order valence-electron chi connectivity index (χ0n) is 10.2. The lowest BCUT2D eigenvalue weighted by Gasteiger charge is -2.28. The van der Waals surface area contributed by atoms with Gasteiger partial charge in [0.2, 0.25) is 0 Å². The van der Waals surface area contributed by atoms with Crippen LogP contribution >= 0.6 is 0 Å². The molecule has 1 fully saturated rings. The Balaban J connectivity index is 2.42. The first-order chi connectivity index (χ1) is 7.22. The van der Waals surface area contributed by atoms with Crippen molar-refractivity contribution in [2.24, 2.45) is 23.5 Å². The molecule has 0 aromatic rings. The molecule has 0 spiro atoms. The van der Waals surface area contributed by atoms with Gasteiger partial charge in [0, 0.05) is 11.8 Å². The zero-order chi connectivity index (χ0) is 11.3. The summed E-state index contributed by atoms with van der Waals surface area (Å²) in [5.41, 5.74) is 5.65. The molecule has 2 nitrogen and oxygen atoms in total. The van der Waals surface area contributed by atoms with Crippen molar-refractivity contribution in [3.63, 3.8) is 0 Å². The molecule has 0 bridgehead atoms. The Bertz CT molecular complexity index is 191. The Hall–Kier alpha value is -0.370. The number of carbonyl (C=O) groups is 1. The molecule has 0 aliphatic heterocycles. The third kappa shape index (κ3) is 3.30. The van der Waals surface area contributed by atoms with Crippen LogP contribution in [0.15, 0.2) is 0 Å². The minimum atomic E-state index is 0.310. The molecular weight excluding hydrogens is 186 g/mol. The highest BCUT2D eigenvalue weighted by atomic mass is 16.1. The molecule has 0 unspecified atom stereocenters. The zero-order valence-corrected chi connectivity index (χ0v) is 10.2. The first kappa shape index (κ1) is 12.7. The van der Waals surface area contributed by atoms with Gasteiger partial charge in [-0.05, 0) is 51.0 Å². The average Bonchev–Trinajstić information content (AvgIpc) is 2.30. The van der Waals surface area contributed by atoms with Gasteiger partial charge in [0.05, 0.1) is 0 Å². The van der Waals surface area contributed by atoms with E-state index in [1.165, 1.54) is 0 Å². The summed E-state index contributed by atoms with van der Waals surface area (Å²) < 4.78 is 0.